The summed E-state index contributed by atoms with van der Waals surface area (Å²) < 4.78 is 43.5. The maximum absolute atomic E-state index is 13.6. The van der Waals surface area contributed by atoms with Gasteiger partial charge in [0.15, 0.2) is 11.6 Å². The van der Waals surface area contributed by atoms with Crippen molar-refractivity contribution in [1.82, 2.24) is 9.80 Å². The van der Waals surface area contributed by atoms with Gasteiger partial charge in [0.2, 0.25) is 5.91 Å². The fourth-order valence-electron chi connectivity index (χ4n) is 3.85. The Morgan fingerprint density at radius 3 is 2.41 bits per heavy atom. The van der Waals surface area contributed by atoms with Gasteiger partial charge in [0, 0.05) is 43.9 Å². The second-order valence-corrected chi connectivity index (χ2v) is 7.10. The molecule has 0 atom stereocenters. The predicted molar refractivity (Wildman–Crippen MR) is 96.9 cm³/mol. The molecule has 1 aromatic rings. The molecule has 2 heterocycles. The first-order valence-electron chi connectivity index (χ1n) is 9.35. The van der Waals surface area contributed by atoms with Gasteiger partial charge in [0.05, 0.1) is 13.7 Å². The van der Waals surface area contributed by atoms with Gasteiger partial charge in [0.1, 0.15) is 0 Å². The number of hydrogen-bond acceptors (Lipinski definition) is 4. The number of ether oxygens (including phenoxy) is 1. The van der Waals surface area contributed by atoms with E-state index in [0.717, 1.165) is 5.69 Å². The fraction of sp³-hybridized carbons (Fsp3) is 0.632. The van der Waals surface area contributed by atoms with E-state index in [9.17, 15) is 18.0 Å². The zero-order chi connectivity index (χ0) is 19.4. The van der Waals surface area contributed by atoms with Crippen molar-refractivity contribution < 1.29 is 22.7 Å². The van der Waals surface area contributed by atoms with Crippen LogP contribution in [0.25, 0.3) is 0 Å². The number of carbonyl (C=O) groups excluding carboxylic acids is 1. The van der Waals surface area contributed by atoms with E-state index in [2.05, 4.69) is 4.90 Å². The molecule has 8 heteroatoms. The lowest BCUT2D eigenvalue weighted by atomic mass is 9.95. The molecule has 5 nitrogen and oxygen atoms in total. The molecule has 1 aromatic carbocycles. The van der Waals surface area contributed by atoms with Crippen molar-refractivity contribution in [2.45, 2.75) is 19.3 Å². The first-order valence-corrected chi connectivity index (χ1v) is 9.35. The van der Waals surface area contributed by atoms with Crippen LogP contribution in [0.1, 0.15) is 12.8 Å². The summed E-state index contributed by atoms with van der Waals surface area (Å²) in [5.74, 6) is -0.130. The standard InChI is InChI=1S/C19H26F3N3O2/c1-27-17-12-15(2-3-16(17)20)24-8-10-25(11-9-24)19(26)14-4-6-23(7-5-14)13-18(21)22/h2-3,12,14,18H,4-11,13H2,1H3. The molecule has 3 rings (SSSR count). The number of hydrogen-bond donors (Lipinski definition) is 0. The van der Waals surface area contributed by atoms with Crippen molar-refractivity contribution in [1.29, 1.82) is 0 Å². The van der Waals surface area contributed by atoms with Gasteiger partial charge in [-0.05, 0) is 38.1 Å². The van der Waals surface area contributed by atoms with E-state index < -0.39 is 12.2 Å². The minimum absolute atomic E-state index is 0.0728. The van der Waals surface area contributed by atoms with E-state index in [-0.39, 0.29) is 24.1 Å². The van der Waals surface area contributed by atoms with Crippen molar-refractivity contribution in [2.24, 2.45) is 5.92 Å². The van der Waals surface area contributed by atoms with Crippen LogP contribution in [-0.2, 0) is 4.79 Å². The minimum Gasteiger partial charge on any atom is -0.494 e. The summed E-state index contributed by atoms with van der Waals surface area (Å²) in [5.41, 5.74) is 0.876. The number of likely N-dealkylation sites (tertiary alicyclic amines) is 1. The summed E-state index contributed by atoms with van der Waals surface area (Å²) in [5, 5.41) is 0. The number of benzene rings is 1. The summed E-state index contributed by atoms with van der Waals surface area (Å²) in [6.07, 6.45) is -1.04. The summed E-state index contributed by atoms with van der Waals surface area (Å²) in [6, 6.07) is 4.78. The van der Waals surface area contributed by atoms with Crippen molar-refractivity contribution >= 4 is 11.6 Å². The maximum atomic E-state index is 13.6. The van der Waals surface area contributed by atoms with Crippen LogP contribution >= 0.6 is 0 Å². The third-order valence-corrected chi connectivity index (χ3v) is 5.42. The molecule has 0 N–H and O–H groups in total. The summed E-state index contributed by atoms with van der Waals surface area (Å²) in [6.45, 7) is 3.45. The van der Waals surface area contributed by atoms with Crippen LogP contribution in [0, 0.1) is 11.7 Å². The highest BCUT2D eigenvalue weighted by Crippen LogP contribution is 2.26. The number of methoxy groups -OCH3 is 1. The van der Waals surface area contributed by atoms with Gasteiger partial charge in [-0.3, -0.25) is 9.69 Å². The van der Waals surface area contributed by atoms with Crippen molar-refractivity contribution in [3.05, 3.63) is 24.0 Å². The molecule has 0 unspecified atom stereocenters. The minimum atomic E-state index is -2.32. The lowest BCUT2D eigenvalue weighted by Gasteiger charge is -2.39. The Balaban J connectivity index is 1.50. The zero-order valence-electron chi connectivity index (χ0n) is 15.5. The molecule has 0 spiro atoms. The molecule has 0 bridgehead atoms. The Bertz CT molecular complexity index is 643. The molecule has 2 aliphatic rings. The highest BCUT2D eigenvalue weighted by Gasteiger charge is 2.31. The molecule has 150 valence electrons. The maximum Gasteiger partial charge on any atom is 0.251 e. The van der Waals surface area contributed by atoms with Crippen LogP contribution in [0.5, 0.6) is 5.75 Å². The Morgan fingerprint density at radius 2 is 1.81 bits per heavy atom. The van der Waals surface area contributed by atoms with E-state index >= 15 is 0 Å². The summed E-state index contributed by atoms with van der Waals surface area (Å²) in [7, 11) is 1.44. The van der Waals surface area contributed by atoms with Gasteiger partial charge in [-0.25, -0.2) is 13.2 Å². The van der Waals surface area contributed by atoms with E-state index in [4.69, 9.17) is 4.74 Å². The SMILES string of the molecule is COc1cc(N2CCN(C(=O)C3CCN(CC(F)F)CC3)CC2)ccc1F. The normalized spacial score (nSPS) is 19.6. The van der Waals surface area contributed by atoms with E-state index in [0.29, 0.717) is 52.1 Å². The molecule has 1 amide bonds. The van der Waals surface area contributed by atoms with Crippen molar-refractivity contribution in [3.63, 3.8) is 0 Å². The largest absolute Gasteiger partial charge is 0.494 e. The highest BCUT2D eigenvalue weighted by molar-refractivity contribution is 5.79. The summed E-state index contributed by atoms with van der Waals surface area (Å²) in [4.78, 5) is 18.4. The third kappa shape index (κ3) is 4.86. The van der Waals surface area contributed by atoms with Crippen molar-refractivity contribution in [3.8, 4) is 5.75 Å². The smallest absolute Gasteiger partial charge is 0.251 e. The second kappa shape index (κ2) is 8.82. The number of amides is 1. The molecule has 2 aliphatic heterocycles. The number of nitrogens with zero attached hydrogens (tertiary/aromatic N) is 3. The Hall–Kier alpha value is -1.96. The lowest BCUT2D eigenvalue weighted by molar-refractivity contribution is -0.137. The Kier molecular flexibility index (Phi) is 6.46. The number of rotatable bonds is 5. The number of piperazine rings is 1. The monoisotopic (exact) mass is 385 g/mol. The van der Waals surface area contributed by atoms with E-state index in [1.165, 1.54) is 13.2 Å². The first kappa shape index (κ1) is 19.8. The molecular formula is C19H26F3N3O2. The Labute approximate surface area is 157 Å². The molecule has 2 saturated heterocycles. The van der Waals surface area contributed by atoms with Gasteiger partial charge < -0.3 is 14.5 Å². The Morgan fingerprint density at radius 1 is 1.15 bits per heavy atom. The lowest BCUT2D eigenvalue weighted by Crippen LogP contribution is -2.51. The molecule has 0 aromatic heterocycles. The topological polar surface area (TPSA) is 36.0 Å². The zero-order valence-corrected chi connectivity index (χ0v) is 15.5. The third-order valence-electron chi connectivity index (χ3n) is 5.42. The van der Waals surface area contributed by atoms with Gasteiger partial charge in [0.25, 0.3) is 6.43 Å². The molecule has 0 saturated carbocycles. The number of halogens is 3. The quantitative estimate of drug-likeness (QED) is 0.780. The van der Waals surface area contributed by atoms with Crippen LogP contribution in [0.3, 0.4) is 0 Å². The molecular weight excluding hydrogens is 359 g/mol. The van der Waals surface area contributed by atoms with Crippen LogP contribution < -0.4 is 9.64 Å². The number of piperidine rings is 1. The van der Waals surface area contributed by atoms with E-state index in [1.54, 1.807) is 17.0 Å². The summed E-state index contributed by atoms with van der Waals surface area (Å²) >= 11 is 0. The van der Waals surface area contributed by atoms with Crippen LogP contribution in [0.2, 0.25) is 0 Å². The van der Waals surface area contributed by atoms with Crippen LogP contribution in [-0.4, -0.2) is 75.1 Å². The van der Waals surface area contributed by atoms with Gasteiger partial charge in [-0.15, -0.1) is 0 Å². The van der Waals surface area contributed by atoms with Gasteiger partial charge in [-0.2, -0.15) is 0 Å². The van der Waals surface area contributed by atoms with Crippen LogP contribution in [0.15, 0.2) is 18.2 Å². The number of anilines is 1. The first-order chi connectivity index (χ1) is 13.0. The predicted octanol–water partition coefficient (Wildman–Crippen LogP) is 2.46. The van der Waals surface area contributed by atoms with Gasteiger partial charge in [-0.1, -0.05) is 0 Å². The van der Waals surface area contributed by atoms with Crippen molar-refractivity contribution in [2.75, 3.05) is 57.8 Å². The molecule has 2 fully saturated rings. The van der Waals surface area contributed by atoms with Gasteiger partial charge >= 0.3 is 0 Å². The highest BCUT2D eigenvalue weighted by atomic mass is 19.3. The average molecular weight is 385 g/mol. The van der Waals surface area contributed by atoms with E-state index in [1.807, 2.05) is 4.90 Å². The molecule has 27 heavy (non-hydrogen) atoms. The number of carbonyl (C=O) groups is 1. The number of alkyl halides is 2. The fourth-order valence-corrected chi connectivity index (χ4v) is 3.85. The average Bonchev–Trinajstić information content (AvgIpc) is 2.68. The van der Waals surface area contributed by atoms with Crippen LogP contribution in [0.4, 0.5) is 18.9 Å². The molecule has 0 radical (unpaired) electrons. The molecule has 0 aliphatic carbocycles. The second-order valence-electron chi connectivity index (χ2n) is 7.10.